The van der Waals surface area contributed by atoms with Crippen LogP contribution in [0.1, 0.15) is 12.0 Å². The predicted octanol–water partition coefficient (Wildman–Crippen LogP) is 2.01. The molecule has 0 N–H and O–H groups in total. The topological polar surface area (TPSA) is 3.01 Å². The second-order valence-electron chi connectivity index (χ2n) is 2.83. The Kier molecular flexibility index (Phi) is 1.70. The second-order valence-corrected chi connectivity index (χ2v) is 3.28. The predicted molar refractivity (Wildman–Crippen MR) is 46.9 cm³/mol. The van der Waals surface area contributed by atoms with Crippen LogP contribution in [0.25, 0.3) is 0 Å². The van der Waals surface area contributed by atoms with Crippen molar-refractivity contribution in [2.24, 2.45) is 0 Å². The highest BCUT2D eigenvalue weighted by Crippen LogP contribution is 2.23. The molecule has 2 heteroatoms. The minimum Gasteiger partial charge on any atom is -0.120 e. The van der Waals surface area contributed by atoms with Gasteiger partial charge in [-0.3, -0.25) is 0 Å². The zero-order valence-corrected chi connectivity index (χ0v) is 7.10. The molecular formula is C9H10NS+. The lowest BCUT2D eigenvalue weighted by Gasteiger charge is -2.09. The average molecular weight is 164 g/mol. The highest BCUT2D eigenvalue weighted by Gasteiger charge is 2.18. The van der Waals surface area contributed by atoms with E-state index in [9.17, 15) is 0 Å². The minimum absolute atomic E-state index is 1.02. The van der Waals surface area contributed by atoms with Crippen LogP contribution in [0.4, 0.5) is 5.69 Å². The van der Waals surface area contributed by atoms with Crippen molar-refractivity contribution in [2.45, 2.75) is 12.8 Å². The molecule has 0 amide bonds. The molecule has 1 aromatic carbocycles. The lowest BCUT2D eigenvalue weighted by Crippen LogP contribution is -2.12. The number of rotatable bonds is 0. The van der Waals surface area contributed by atoms with E-state index in [0.717, 1.165) is 6.54 Å². The molecule has 56 valence electrons. The standard InChI is InChI=1S/C9H10NS/c11-10-7-3-5-8-4-1-2-6-9(8)10/h1-2,4,6H,3,5,7H2/q+1. The number of hydrogen-bond donors (Lipinski definition) is 0. The summed E-state index contributed by atoms with van der Waals surface area (Å²) in [5.74, 6) is 0. The van der Waals surface area contributed by atoms with E-state index in [4.69, 9.17) is 12.4 Å². The van der Waals surface area contributed by atoms with Crippen LogP contribution in [0.15, 0.2) is 24.3 Å². The van der Waals surface area contributed by atoms with E-state index in [2.05, 4.69) is 18.2 Å². The zero-order valence-electron chi connectivity index (χ0n) is 6.29. The second kappa shape index (κ2) is 2.70. The average Bonchev–Trinajstić information content (AvgIpc) is 2.06. The van der Waals surface area contributed by atoms with Gasteiger partial charge in [-0.15, -0.1) is 3.95 Å². The van der Waals surface area contributed by atoms with Gasteiger partial charge >= 0.3 is 0 Å². The fourth-order valence-electron chi connectivity index (χ4n) is 1.50. The van der Waals surface area contributed by atoms with E-state index in [1.807, 2.05) is 10.0 Å². The number of benzene rings is 1. The molecule has 0 aromatic heterocycles. The third-order valence-electron chi connectivity index (χ3n) is 2.07. The number of hydrogen-bond acceptors (Lipinski definition) is 1. The summed E-state index contributed by atoms with van der Waals surface area (Å²) in [6.07, 6.45) is 2.38. The van der Waals surface area contributed by atoms with Crippen LogP contribution in [-0.2, 0) is 18.8 Å². The molecule has 1 aliphatic heterocycles. The van der Waals surface area contributed by atoms with Gasteiger partial charge in [0, 0.05) is 18.1 Å². The van der Waals surface area contributed by atoms with Crippen molar-refractivity contribution in [2.75, 3.05) is 6.54 Å². The van der Waals surface area contributed by atoms with Gasteiger partial charge in [-0.2, -0.15) is 0 Å². The largest absolute Gasteiger partial charge is 0.270 e. The van der Waals surface area contributed by atoms with Crippen LogP contribution in [0.3, 0.4) is 0 Å². The summed E-state index contributed by atoms with van der Waals surface area (Å²) in [6, 6.07) is 8.38. The lowest BCUT2D eigenvalue weighted by atomic mass is 10.0. The van der Waals surface area contributed by atoms with Crippen LogP contribution in [0.5, 0.6) is 0 Å². The SMILES string of the molecule is S=[N+]1CCCc2ccccc21. The Morgan fingerprint density at radius 3 is 2.91 bits per heavy atom. The van der Waals surface area contributed by atoms with Crippen molar-refractivity contribution >= 4 is 18.1 Å². The maximum absolute atomic E-state index is 5.18. The lowest BCUT2D eigenvalue weighted by molar-refractivity contribution is -0.414. The fourth-order valence-corrected chi connectivity index (χ4v) is 1.81. The molecule has 0 aliphatic carbocycles. The maximum Gasteiger partial charge on any atom is 0.270 e. The first-order valence-corrected chi connectivity index (χ1v) is 4.27. The molecule has 1 aliphatic rings. The summed E-state index contributed by atoms with van der Waals surface area (Å²) >= 11 is 5.18. The Bertz CT molecular complexity index is 293. The van der Waals surface area contributed by atoms with Crippen LogP contribution < -0.4 is 0 Å². The van der Waals surface area contributed by atoms with E-state index >= 15 is 0 Å². The monoisotopic (exact) mass is 164 g/mol. The molecule has 0 fully saturated rings. The number of para-hydroxylation sites is 1. The Morgan fingerprint density at radius 1 is 1.27 bits per heavy atom. The van der Waals surface area contributed by atoms with Gasteiger partial charge in [0.1, 0.15) is 0 Å². The molecule has 11 heavy (non-hydrogen) atoms. The Hall–Kier alpha value is -0.760. The van der Waals surface area contributed by atoms with Crippen molar-refractivity contribution < 1.29 is 3.95 Å². The summed E-state index contributed by atoms with van der Waals surface area (Å²) in [6.45, 7) is 1.02. The first-order valence-electron chi connectivity index (χ1n) is 3.90. The van der Waals surface area contributed by atoms with E-state index < -0.39 is 0 Å². The van der Waals surface area contributed by atoms with Crippen LogP contribution in [0.2, 0.25) is 0 Å². The molecule has 2 rings (SSSR count). The minimum atomic E-state index is 1.02. The van der Waals surface area contributed by atoms with E-state index in [1.54, 1.807) is 0 Å². The summed E-state index contributed by atoms with van der Waals surface area (Å²) in [5, 5.41) is 0. The van der Waals surface area contributed by atoms with E-state index in [0.29, 0.717) is 0 Å². The van der Waals surface area contributed by atoms with Gasteiger partial charge in [0.2, 0.25) is 5.69 Å². The fraction of sp³-hybridized carbons (Fsp3) is 0.333. The molecule has 1 nitrogen and oxygen atoms in total. The third kappa shape index (κ3) is 1.18. The van der Waals surface area contributed by atoms with Crippen LogP contribution in [-0.4, -0.2) is 10.5 Å². The molecule has 0 saturated heterocycles. The molecule has 0 spiro atoms. The number of nitrogens with zero attached hydrogens (tertiary/aromatic N) is 1. The zero-order chi connectivity index (χ0) is 7.68. The summed E-state index contributed by atoms with van der Waals surface area (Å²) < 4.78 is 1.92. The van der Waals surface area contributed by atoms with Gasteiger partial charge in [-0.05, 0) is 6.42 Å². The Labute approximate surface area is 71.8 Å². The van der Waals surface area contributed by atoms with Crippen LogP contribution in [0, 0.1) is 0 Å². The van der Waals surface area contributed by atoms with Gasteiger partial charge in [0.05, 0.1) is 0 Å². The highest BCUT2D eigenvalue weighted by atomic mass is 32.1. The van der Waals surface area contributed by atoms with Gasteiger partial charge in [0.15, 0.2) is 6.54 Å². The quantitative estimate of drug-likeness (QED) is 0.530. The Morgan fingerprint density at radius 2 is 2.09 bits per heavy atom. The normalized spacial score (nSPS) is 16.2. The van der Waals surface area contributed by atoms with E-state index in [1.165, 1.54) is 24.1 Å². The summed E-state index contributed by atoms with van der Waals surface area (Å²) in [7, 11) is 0. The third-order valence-corrected chi connectivity index (χ3v) is 2.45. The smallest absolute Gasteiger partial charge is 0.120 e. The van der Waals surface area contributed by atoms with Gasteiger partial charge < -0.3 is 0 Å². The molecule has 1 aromatic rings. The highest BCUT2D eigenvalue weighted by molar-refractivity contribution is 7.44. The number of fused-ring (bicyclic) bond motifs is 1. The molecule has 0 unspecified atom stereocenters. The summed E-state index contributed by atoms with van der Waals surface area (Å²) in [4.78, 5) is 0. The van der Waals surface area contributed by atoms with Gasteiger partial charge in [-0.25, -0.2) is 0 Å². The van der Waals surface area contributed by atoms with Crippen molar-refractivity contribution in [1.29, 1.82) is 0 Å². The molecule has 0 saturated carbocycles. The molecule has 0 radical (unpaired) electrons. The van der Waals surface area contributed by atoms with Crippen molar-refractivity contribution in [3.05, 3.63) is 29.8 Å². The first kappa shape index (κ1) is 6.92. The first-order chi connectivity index (χ1) is 5.38. The van der Waals surface area contributed by atoms with Crippen molar-refractivity contribution in [3.63, 3.8) is 0 Å². The van der Waals surface area contributed by atoms with Gasteiger partial charge in [-0.1, -0.05) is 18.2 Å². The van der Waals surface area contributed by atoms with Crippen molar-refractivity contribution in [3.8, 4) is 0 Å². The van der Waals surface area contributed by atoms with Crippen molar-refractivity contribution in [1.82, 2.24) is 0 Å². The Balaban J connectivity index is 2.52. The molecule has 1 heterocycles. The van der Waals surface area contributed by atoms with E-state index in [-0.39, 0.29) is 0 Å². The molecule has 0 bridgehead atoms. The maximum atomic E-state index is 5.18. The summed E-state index contributed by atoms with van der Waals surface area (Å²) in [5.41, 5.74) is 2.63. The molecular weight excluding hydrogens is 154 g/mol. The number of aryl methyl sites for hydroxylation is 1. The molecule has 0 atom stereocenters. The van der Waals surface area contributed by atoms with Gasteiger partial charge in [0.25, 0.3) is 12.4 Å². The van der Waals surface area contributed by atoms with Crippen LogP contribution >= 0.6 is 0 Å².